The van der Waals surface area contributed by atoms with Crippen molar-refractivity contribution in [1.29, 1.82) is 0 Å². The van der Waals surface area contributed by atoms with Gasteiger partial charge >= 0.3 is 0 Å². The fraction of sp³-hybridized carbons (Fsp3) is 0.714. The number of carbonyl (C=O) groups excluding carboxylic acids is 2. The fourth-order valence-electron chi connectivity index (χ4n) is 2.91. The summed E-state index contributed by atoms with van der Waals surface area (Å²) in [7, 11) is 0. The molecule has 1 aliphatic carbocycles. The van der Waals surface area contributed by atoms with Crippen LogP contribution in [0.4, 0.5) is 0 Å². The summed E-state index contributed by atoms with van der Waals surface area (Å²) >= 11 is 0. The van der Waals surface area contributed by atoms with Crippen molar-refractivity contribution in [2.45, 2.75) is 32.6 Å². The van der Waals surface area contributed by atoms with Crippen LogP contribution >= 0.6 is 0 Å². The number of imide groups is 1. The fourth-order valence-corrected chi connectivity index (χ4v) is 2.91. The average Bonchev–Trinajstić information content (AvgIpc) is 2.64. The normalized spacial score (nSPS) is 28.7. The van der Waals surface area contributed by atoms with E-state index in [9.17, 15) is 9.59 Å². The number of allylic oxidation sites excluding steroid dienone is 2. The molecule has 3 unspecified atom stereocenters. The van der Waals surface area contributed by atoms with E-state index in [0.717, 1.165) is 6.42 Å². The first-order valence-corrected chi connectivity index (χ1v) is 6.80. The number of likely N-dealkylation sites (tertiary alicyclic amines) is 1. The molecule has 2 amide bonds. The van der Waals surface area contributed by atoms with Gasteiger partial charge in [0, 0.05) is 13.2 Å². The lowest BCUT2D eigenvalue weighted by Crippen LogP contribution is -2.35. The van der Waals surface area contributed by atoms with Gasteiger partial charge in [0.05, 0.1) is 11.8 Å². The lowest BCUT2D eigenvalue weighted by atomic mass is 9.85. The van der Waals surface area contributed by atoms with E-state index in [4.69, 9.17) is 5.11 Å². The Balaban J connectivity index is 2.05. The molecular weight excluding hydrogens is 230 g/mol. The summed E-state index contributed by atoms with van der Waals surface area (Å²) in [5, 5.41) is 8.98. The number of carbonyl (C=O) groups is 2. The summed E-state index contributed by atoms with van der Waals surface area (Å²) in [6.07, 6.45) is 6.93. The van der Waals surface area contributed by atoms with Gasteiger partial charge in [-0.3, -0.25) is 14.5 Å². The molecule has 18 heavy (non-hydrogen) atoms. The van der Waals surface area contributed by atoms with Crippen molar-refractivity contribution in [2.75, 3.05) is 13.2 Å². The highest BCUT2D eigenvalue weighted by Crippen LogP contribution is 2.35. The van der Waals surface area contributed by atoms with Crippen LogP contribution in [0.1, 0.15) is 32.6 Å². The second-order valence-corrected chi connectivity index (χ2v) is 5.23. The van der Waals surface area contributed by atoms with Gasteiger partial charge < -0.3 is 5.11 Å². The lowest BCUT2D eigenvalue weighted by Gasteiger charge is -2.21. The maximum atomic E-state index is 12.2. The molecule has 0 aromatic carbocycles. The Labute approximate surface area is 108 Å². The van der Waals surface area contributed by atoms with E-state index >= 15 is 0 Å². The number of amides is 2. The van der Waals surface area contributed by atoms with Crippen LogP contribution in [0.2, 0.25) is 0 Å². The number of nitrogens with zero attached hydrogens (tertiary/aromatic N) is 1. The Morgan fingerprint density at radius 2 is 1.83 bits per heavy atom. The van der Waals surface area contributed by atoms with E-state index < -0.39 is 0 Å². The second-order valence-electron chi connectivity index (χ2n) is 5.23. The van der Waals surface area contributed by atoms with E-state index in [1.54, 1.807) is 0 Å². The van der Waals surface area contributed by atoms with E-state index in [0.29, 0.717) is 25.8 Å². The van der Waals surface area contributed by atoms with Crippen molar-refractivity contribution in [3.05, 3.63) is 12.2 Å². The number of aliphatic hydroxyl groups is 1. The summed E-state index contributed by atoms with van der Waals surface area (Å²) in [6.45, 7) is 2.62. The molecule has 3 atom stereocenters. The SMILES string of the molecule is CCC(CCO)CN1C(=O)C2CC=CCC2C1=O. The predicted molar refractivity (Wildman–Crippen MR) is 67.6 cm³/mol. The lowest BCUT2D eigenvalue weighted by molar-refractivity contribution is -0.140. The number of hydrogen-bond acceptors (Lipinski definition) is 3. The zero-order chi connectivity index (χ0) is 13.1. The van der Waals surface area contributed by atoms with Crippen LogP contribution in [0.25, 0.3) is 0 Å². The quantitative estimate of drug-likeness (QED) is 0.592. The van der Waals surface area contributed by atoms with E-state index in [1.165, 1.54) is 4.90 Å². The van der Waals surface area contributed by atoms with Crippen molar-refractivity contribution < 1.29 is 14.7 Å². The van der Waals surface area contributed by atoms with E-state index in [-0.39, 0.29) is 36.2 Å². The first-order valence-electron chi connectivity index (χ1n) is 6.80. The van der Waals surface area contributed by atoms with Crippen LogP contribution in [-0.4, -0.2) is 35.0 Å². The first kappa shape index (κ1) is 13.3. The number of aliphatic hydroxyl groups excluding tert-OH is 1. The van der Waals surface area contributed by atoms with Crippen LogP contribution in [0.3, 0.4) is 0 Å². The monoisotopic (exact) mass is 251 g/mol. The standard InChI is InChI=1S/C14H21NO3/c1-2-10(7-8-16)9-15-13(17)11-5-3-4-6-12(11)14(15)18/h3-4,10-12,16H,2,5-9H2,1H3. The molecule has 1 heterocycles. The molecule has 0 aromatic heterocycles. The zero-order valence-electron chi connectivity index (χ0n) is 10.8. The Morgan fingerprint density at radius 1 is 1.28 bits per heavy atom. The topological polar surface area (TPSA) is 57.6 Å². The molecule has 1 fully saturated rings. The highest BCUT2D eigenvalue weighted by molar-refractivity contribution is 6.05. The van der Waals surface area contributed by atoms with Gasteiger partial charge in [-0.05, 0) is 25.2 Å². The summed E-state index contributed by atoms with van der Waals surface area (Å²) < 4.78 is 0. The average molecular weight is 251 g/mol. The smallest absolute Gasteiger partial charge is 0.233 e. The third-order valence-corrected chi connectivity index (χ3v) is 4.15. The summed E-state index contributed by atoms with van der Waals surface area (Å²) in [4.78, 5) is 25.9. The largest absolute Gasteiger partial charge is 0.396 e. The minimum absolute atomic E-state index is 0.00857. The zero-order valence-corrected chi connectivity index (χ0v) is 10.8. The molecule has 0 radical (unpaired) electrons. The molecule has 2 aliphatic rings. The van der Waals surface area contributed by atoms with E-state index in [1.807, 2.05) is 19.1 Å². The third kappa shape index (κ3) is 2.34. The minimum atomic E-state index is -0.130. The van der Waals surface area contributed by atoms with Gasteiger partial charge in [0.25, 0.3) is 0 Å². The van der Waals surface area contributed by atoms with Gasteiger partial charge in [-0.2, -0.15) is 0 Å². The van der Waals surface area contributed by atoms with Crippen LogP contribution in [-0.2, 0) is 9.59 Å². The maximum absolute atomic E-state index is 12.2. The van der Waals surface area contributed by atoms with Crippen molar-refractivity contribution >= 4 is 11.8 Å². The minimum Gasteiger partial charge on any atom is -0.396 e. The Bertz CT molecular complexity index is 338. The third-order valence-electron chi connectivity index (χ3n) is 4.15. The molecule has 0 bridgehead atoms. The Hall–Kier alpha value is -1.16. The highest BCUT2D eigenvalue weighted by atomic mass is 16.3. The van der Waals surface area contributed by atoms with Gasteiger partial charge in [-0.1, -0.05) is 25.5 Å². The first-order chi connectivity index (χ1) is 8.69. The molecule has 0 spiro atoms. The molecule has 0 saturated carbocycles. The van der Waals surface area contributed by atoms with Gasteiger partial charge in [-0.15, -0.1) is 0 Å². The molecule has 1 saturated heterocycles. The molecule has 1 aliphatic heterocycles. The number of rotatable bonds is 5. The molecule has 100 valence electrons. The summed E-state index contributed by atoms with van der Waals surface area (Å²) in [5.41, 5.74) is 0. The van der Waals surface area contributed by atoms with Gasteiger partial charge in [-0.25, -0.2) is 0 Å². The van der Waals surface area contributed by atoms with E-state index in [2.05, 4.69) is 0 Å². The van der Waals surface area contributed by atoms with Crippen molar-refractivity contribution in [3.8, 4) is 0 Å². The number of fused-ring (bicyclic) bond motifs is 1. The summed E-state index contributed by atoms with van der Waals surface area (Å²) in [5.74, 6) is -0.0595. The molecular formula is C14H21NO3. The molecule has 4 heteroatoms. The second kappa shape index (κ2) is 5.65. The predicted octanol–water partition coefficient (Wildman–Crippen LogP) is 1.35. The number of hydrogen-bond donors (Lipinski definition) is 1. The van der Waals surface area contributed by atoms with Crippen molar-refractivity contribution in [3.63, 3.8) is 0 Å². The van der Waals surface area contributed by atoms with Crippen LogP contribution < -0.4 is 0 Å². The van der Waals surface area contributed by atoms with Crippen LogP contribution in [0, 0.1) is 17.8 Å². The molecule has 0 aromatic rings. The Morgan fingerprint density at radius 3 is 2.28 bits per heavy atom. The van der Waals surface area contributed by atoms with Crippen LogP contribution in [0.15, 0.2) is 12.2 Å². The van der Waals surface area contributed by atoms with Gasteiger partial charge in [0.2, 0.25) is 11.8 Å². The highest BCUT2D eigenvalue weighted by Gasteiger charge is 2.47. The Kier molecular flexibility index (Phi) is 4.17. The molecule has 4 nitrogen and oxygen atoms in total. The molecule has 1 N–H and O–H groups in total. The molecule has 2 rings (SSSR count). The van der Waals surface area contributed by atoms with Crippen LogP contribution in [0.5, 0.6) is 0 Å². The summed E-state index contributed by atoms with van der Waals surface area (Å²) in [6, 6.07) is 0. The van der Waals surface area contributed by atoms with Gasteiger partial charge in [0.1, 0.15) is 0 Å². The maximum Gasteiger partial charge on any atom is 0.233 e. The van der Waals surface area contributed by atoms with Gasteiger partial charge in [0.15, 0.2) is 0 Å². The van der Waals surface area contributed by atoms with Crippen molar-refractivity contribution in [1.82, 2.24) is 4.90 Å². The van der Waals surface area contributed by atoms with Crippen molar-refractivity contribution in [2.24, 2.45) is 17.8 Å².